The number of rotatable bonds is 6. The molecule has 188 valence electrons. The molecule has 3 heterocycles. The van der Waals surface area contributed by atoms with Gasteiger partial charge in [-0.05, 0) is 92.1 Å². The summed E-state index contributed by atoms with van der Waals surface area (Å²) in [4.78, 5) is 27.4. The van der Waals surface area contributed by atoms with E-state index in [4.69, 9.17) is 4.74 Å². The van der Waals surface area contributed by atoms with Gasteiger partial charge in [-0.25, -0.2) is 4.79 Å². The molecule has 9 heteroatoms. The van der Waals surface area contributed by atoms with Crippen molar-refractivity contribution in [2.45, 2.75) is 57.0 Å². The highest BCUT2D eigenvalue weighted by Gasteiger charge is 2.53. The van der Waals surface area contributed by atoms with Crippen molar-refractivity contribution in [1.29, 1.82) is 0 Å². The lowest BCUT2D eigenvalue weighted by molar-refractivity contribution is -0.139. The molecule has 1 aromatic carbocycles. The van der Waals surface area contributed by atoms with Gasteiger partial charge >= 0.3 is 12.1 Å². The Labute approximate surface area is 226 Å². The number of carboxylic acids is 1. The van der Waals surface area contributed by atoms with Crippen LogP contribution >= 0.6 is 34.2 Å². The summed E-state index contributed by atoms with van der Waals surface area (Å²) in [7, 11) is 0. The SMILES string of the molecule is Cc1ccccc1C(C)OC(=O)Nc1c(C#Cc2cc3cc(C4(C(=O)O)CC4)sc3s2)nsc1C1CC1. The summed E-state index contributed by atoms with van der Waals surface area (Å²) < 4.78 is 11.3. The number of fused-ring (bicyclic) bond motifs is 1. The number of carboxylic acid groups (broad SMARTS) is 1. The highest BCUT2D eigenvalue weighted by atomic mass is 32.2. The van der Waals surface area contributed by atoms with Gasteiger partial charge in [-0.15, -0.1) is 22.7 Å². The zero-order valence-electron chi connectivity index (χ0n) is 20.3. The lowest BCUT2D eigenvalue weighted by Gasteiger charge is -2.16. The number of aromatic nitrogens is 1. The summed E-state index contributed by atoms with van der Waals surface area (Å²) >= 11 is 4.50. The number of thiophene rings is 2. The third kappa shape index (κ3) is 4.65. The van der Waals surface area contributed by atoms with Crippen LogP contribution in [0.25, 0.3) is 9.40 Å². The molecule has 2 N–H and O–H groups in total. The van der Waals surface area contributed by atoms with Gasteiger partial charge < -0.3 is 9.84 Å². The standard InChI is InChI=1S/C28H24N2O4S3/c1-15-5-3-4-6-20(15)16(2)34-27(33)29-23-21(30-37-24(23)17-7-8-17)10-9-19-13-18-14-22(36-25(18)35-19)28(11-12-28)26(31)32/h3-6,13-14,16-17H,7-8,11-12H2,1-2H3,(H,29,33)(H,31,32). The smallest absolute Gasteiger partial charge is 0.412 e. The summed E-state index contributed by atoms with van der Waals surface area (Å²) in [5, 5.41) is 13.5. The molecule has 0 bridgehead atoms. The molecule has 3 aromatic heterocycles. The van der Waals surface area contributed by atoms with Crippen molar-refractivity contribution < 1.29 is 19.4 Å². The Morgan fingerprint density at radius 3 is 2.65 bits per heavy atom. The Kier molecular flexibility index (Phi) is 6.06. The van der Waals surface area contributed by atoms with E-state index in [-0.39, 0.29) is 6.10 Å². The molecule has 2 saturated carbocycles. The van der Waals surface area contributed by atoms with Crippen molar-refractivity contribution in [3.8, 4) is 11.8 Å². The second-order valence-corrected chi connectivity index (χ2v) is 12.8. The van der Waals surface area contributed by atoms with Gasteiger partial charge in [0.25, 0.3) is 0 Å². The third-order valence-corrected chi connectivity index (χ3v) is 10.5. The van der Waals surface area contributed by atoms with Crippen LogP contribution in [0, 0.1) is 18.8 Å². The summed E-state index contributed by atoms with van der Waals surface area (Å²) in [5.74, 6) is 6.04. The van der Waals surface area contributed by atoms with E-state index in [9.17, 15) is 14.7 Å². The van der Waals surface area contributed by atoms with Crippen molar-refractivity contribution in [2.24, 2.45) is 0 Å². The summed E-state index contributed by atoms with van der Waals surface area (Å²) in [6.45, 7) is 3.87. The van der Waals surface area contributed by atoms with E-state index in [1.54, 1.807) is 22.7 Å². The second-order valence-electron chi connectivity index (χ2n) is 9.68. The van der Waals surface area contributed by atoms with E-state index in [0.29, 0.717) is 30.1 Å². The number of hydrogen-bond donors (Lipinski definition) is 2. The molecule has 1 atom stereocenters. The predicted octanol–water partition coefficient (Wildman–Crippen LogP) is 7.43. The van der Waals surface area contributed by atoms with Gasteiger partial charge in [0.05, 0.1) is 19.5 Å². The Balaban J connectivity index is 1.21. The first-order chi connectivity index (χ1) is 17.8. The molecule has 6 nitrogen and oxygen atoms in total. The van der Waals surface area contributed by atoms with Gasteiger partial charge in [0, 0.05) is 10.3 Å². The summed E-state index contributed by atoms with van der Waals surface area (Å²) in [6, 6.07) is 11.9. The number of carbonyl (C=O) groups excluding carboxylic acids is 1. The lowest BCUT2D eigenvalue weighted by Crippen LogP contribution is -2.17. The Bertz CT molecular complexity index is 1560. The number of carbonyl (C=O) groups is 2. The first kappa shape index (κ1) is 24.2. The first-order valence-corrected chi connectivity index (χ1v) is 14.6. The summed E-state index contributed by atoms with van der Waals surface area (Å²) in [5.41, 5.74) is 2.57. The minimum Gasteiger partial charge on any atom is -0.481 e. The molecular formula is C28H24N2O4S3. The number of ether oxygens (including phenoxy) is 1. The van der Waals surface area contributed by atoms with Crippen LogP contribution in [0.3, 0.4) is 0 Å². The quantitative estimate of drug-likeness (QED) is 0.245. The van der Waals surface area contributed by atoms with Crippen LogP contribution < -0.4 is 5.32 Å². The molecule has 4 aromatic rings. The average molecular weight is 549 g/mol. The fourth-order valence-corrected chi connectivity index (χ4v) is 7.97. The number of aryl methyl sites for hydroxylation is 1. The molecule has 2 fully saturated rings. The largest absolute Gasteiger partial charge is 0.481 e. The van der Waals surface area contributed by atoms with Crippen LogP contribution in [0.2, 0.25) is 0 Å². The number of nitrogens with one attached hydrogen (secondary N) is 1. The zero-order valence-corrected chi connectivity index (χ0v) is 22.7. The highest BCUT2D eigenvalue weighted by Crippen LogP contribution is 2.53. The number of nitrogens with zero attached hydrogens (tertiary/aromatic N) is 1. The van der Waals surface area contributed by atoms with E-state index >= 15 is 0 Å². The Hall–Kier alpha value is -3.19. The molecule has 37 heavy (non-hydrogen) atoms. The maximum atomic E-state index is 12.8. The van der Waals surface area contributed by atoms with Crippen molar-refractivity contribution in [2.75, 3.05) is 5.32 Å². The molecule has 1 unspecified atom stereocenters. The monoisotopic (exact) mass is 548 g/mol. The molecule has 1 amide bonds. The molecule has 6 rings (SSSR count). The van der Waals surface area contributed by atoms with Crippen molar-refractivity contribution in [1.82, 2.24) is 4.37 Å². The van der Waals surface area contributed by atoms with Gasteiger partial charge in [-0.1, -0.05) is 24.3 Å². The fourth-order valence-electron chi connectivity index (χ4n) is 4.48. The number of hydrogen-bond acceptors (Lipinski definition) is 7. The summed E-state index contributed by atoms with van der Waals surface area (Å²) in [6.07, 6.45) is 2.68. The van der Waals surface area contributed by atoms with Crippen molar-refractivity contribution in [3.63, 3.8) is 0 Å². The molecule has 0 spiro atoms. The molecule has 2 aliphatic carbocycles. The normalized spacial score (nSPS) is 16.6. The molecule has 2 aliphatic rings. The number of aliphatic carboxylic acids is 1. The minimum atomic E-state index is -0.733. The van der Waals surface area contributed by atoms with E-state index in [2.05, 4.69) is 21.5 Å². The van der Waals surface area contributed by atoms with E-state index in [1.165, 1.54) is 11.5 Å². The zero-order chi connectivity index (χ0) is 25.7. The van der Waals surface area contributed by atoms with Gasteiger partial charge in [0.1, 0.15) is 11.5 Å². The van der Waals surface area contributed by atoms with E-state index in [0.717, 1.165) is 48.0 Å². The van der Waals surface area contributed by atoms with Gasteiger partial charge in [0.15, 0.2) is 5.69 Å². The Morgan fingerprint density at radius 1 is 1.19 bits per heavy atom. The van der Waals surface area contributed by atoms with Crippen molar-refractivity contribution in [3.05, 3.63) is 67.9 Å². The van der Waals surface area contributed by atoms with Gasteiger partial charge in [-0.2, -0.15) is 4.37 Å². The van der Waals surface area contributed by atoms with Crippen LogP contribution in [0.4, 0.5) is 10.5 Å². The maximum absolute atomic E-state index is 12.8. The number of amides is 1. The molecular weight excluding hydrogens is 525 g/mol. The highest BCUT2D eigenvalue weighted by molar-refractivity contribution is 7.38. The van der Waals surface area contributed by atoms with Crippen LogP contribution in [0.1, 0.15) is 76.1 Å². The lowest BCUT2D eigenvalue weighted by atomic mass is 10.1. The number of anilines is 1. The maximum Gasteiger partial charge on any atom is 0.412 e. The minimum absolute atomic E-state index is 0.383. The fraction of sp³-hybridized carbons (Fsp3) is 0.321. The van der Waals surface area contributed by atoms with E-state index in [1.807, 2.05) is 50.2 Å². The molecule has 0 radical (unpaired) electrons. The van der Waals surface area contributed by atoms with Crippen molar-refractivity contribution >= 4 is 61.4 Å². The van der Waals surface area contributed by atoms with Crippen LogP contribution in [-0.2, 0) is 14.9 Å². The van der Waals surface area contributed by atoms with Gasteiger partial charge in [-0.3, -0.25) is 10.1 Å². The average Bonchev–Trinajstić information content (AvgIpc) is 3.75. The second kappa shape index (κ2) is 9.28. The Morgan fingerprint density at radius 2 is 1.97 bits per heavy atom. The third-order valence-electron chi connectivity index (χ3n) is 6.95. The predicted molar refractivity (Wildman–Crippen MR) is 148 cm³/mol. The van der Waals surface area contributed by atoms with Crippen LogP contribution in [0.15, 0.2) is 36.4 Å². The first-order valence-electron chi connectivity index (χ1n) is 12.2. The molecule has 0 saturated heterocycles. The topological polar surface area (TPSA) is 88.5 Å². The van der Waals surface area contributed by atoms with E-state index < -0.39 is 17.5 Å². The van der Waals surface area contributed by atoms with Crippen LogP contribution in [0.5, 0.6) is 0 Å². The molecule has 0 aliphatic heterocycles. The van der Waals surface area contributed by atoms with Gasteiger partial charge in [0.2, 0.25) is 0 Å². The van der Waals surface area contributed by atoms with Crippen LogP contribution in [-0.4, -0.2) is 21.5 Å². The number of benzene rings is 1.